The standard InChI is InChI=1S/C16H15BrN2O3/c1-18-15(20)10-22-12-8-6-11(7-9-12)19-16(21)13-4-2-3-5-14(13)17/h2-9H,10H2,1H3,(H,18,20)(H,19,21). The molecule has 0 fully saturated rings. The van der Waals surface area contributed by atoms with Gasteiger partial charge in [-0.2, -0.15) is 0 Å². The predicted molar refractivity (Wildman–Crippen MR) is 88.1 cm³/mol. The van der Waals surface area contributed by atoms with E-state index in [1.807, 2.05) is 12.1 Å². The van der Waals surface area contributed by atoms with Gasteiger partial charge < -0.3 is 15.4 Å². The maximum atomic E-state index is 12.1. The van der Waals surface area contributed by atoms with Crippen molar-refractivity contribution in [2.24, 2.45) is 0 Å². The lowest BCUT2D eigenvalue weighted by Gasteiger charge is -2.08. The molecule has 0 spiro atoms. The molecule has 2 aromatic rings. The molecule has 0 saturated carbocycles. The Morgan fingerprint density at radius 3 is 2.41 bits per heavy atom. The molecule has 2 amide bonds. The first-order chi connectivity index (χ1) is 10.6. The molecule has 0 bridgehead atoms. The summed E-state index contributed by atoms with van der Waals surface area (Å²) in [4.78, 5) is 23.2. The molecule has 0 radical (unpaired) electrons. The van der Waals surface area contributed by atoms with Crippen LogP contribution in [0.5, 0.6) is 5.75 Å². The summed E-state index contributed by atoms with van der Waals surface area (Å²) in [7, 11) is 1.55. The molecule has 0 atom stereocenters. The lowest BCUT2D eigenvalue weighted by molar-refractivity contribution is -0.122. The van der Waals surface area contributed by atoms with Crippen LogP contribution in [0.15, 0.2) is 53.0 Å². The largest absolute Gasteiger partial charge is 0.484 e. The molecule has 22 heavy (non-hydrogen) atoms. The Bertz CT molecular complexity index is 671. The number of carbonyl (C=O) groups excluding carboxylic acids is 2. The van der Waals surface area contributed by atoms with Gasteiger partial charge in [-0.05, 0) is 52.3 Å². The van der Waals surface area contributed by atoms with Gasteiger partial charge in [0.15, 0.2) is 6.61 Å². The first-order valence-corrected chi connectivity index (χ1v) is 7.39. The molecule has 2 N–H and O–H groups in total. The second kappa shape index (κ2) is 7.61. The van der Waals surface area contributed by atoms with Crippen molar-refractivity contribution in [3.63, 3.8) is 0 Å². The molecule has 0 unspecified atom stereocenters. The summed E-state index contributed by atoms with van der Waals surface area (Å²) in [5.41, 5.74) is 1.20. The van der Waals surface area contributed by atoms with Crippen LogP contribution in [0.1, 0.15) is 10.4 Å². The van der Waals surface area contributed by atoms with Crippen LogP contribution in [0.3, 0.4) is 0 Å². The quantitative estimate of drug-likeness (QED) is 0.859. The van der Waals surface area contributed by atoms with E-state index in [0.717, 1.165) is 4.47 Å². The monoisotopic (exact) mass is 362 g/mol. The summed E-state index contributed by atoms with van der Waals surface area (Å²) in [6.45, 7) is -0.0425. The van der Waals surface area contributed by atoms with E-state index in [9.17, 15) is 9.59 Å². The van der Waals surface area contributed by atoms with E-state index in [1.54, 1.807) is 43.4 Å². The van der Waals surface area contributed by atoms with Gasteiger partial charge in [-0.1, -0.05) is 12.1 Å². The minimum absolute atomic E-state index is 0.0425. The van der Waals surface area contributed by atoms with Crippen LogP contribution in [-0.4, -0.2) is 25.5 Å². The Morgan fingerprint density at radius 2 is 1.77 bits per heavy atom. The van der Waals surface area contributed by atoms with E-state index in [2.05, 4.69) is 26.6 Å². The molecule has 0 heterocycles. The number of nitrogens with one attached hydrogen (secondary N) is 2. The Kier molecular flexibility index (Phi) is 5.55. The van der Waals surface area contributed by atoms with Crippen molar-refractivity contribution in [3.8, 4) is 5.75 Å². The van der Waals surface area contributed by atoms with Crippen molar-refractivity contribution >= 4 is 33.4 Å². The van der Waals surface area contributed by atoms with Gasteiger partial charge in [0.25, 0.3) is 11.8 Å². The number of hydrogen-bond acceptors (Lipinski definition) is 3. The maximum Gasteiger partial charge on any atom is 0.257 e. The number of amides is 2. The molecule has 114 valence electrons. The van der Waals surface area contributed by atoms with Crippen molar-refractivity contribution in [3.05, 3.63) is 58.6 Å². The third-order valence-corrected chi connectivity index (χ3v) is 3.57. The average molecular weight is 363 g/mol. The molecular weight excluding hydrogens is 348 g/mol. The van der Waals surface area contributed by atoms with Gasteiger partial charge in [-0.15, -0.1) is 0 Å². The topological polar surface area (TPSA) is 67.4 Å². The number of ether oxygens (including phenoxy) is 1. The van der Waals surface area contributed by atoms with Crippen LogP contribution >= 0.6 is 15.9 Å². The van der Waals surface area contributed by atoms with Crippen LogP contribution in [0.25, 0.3) is 0 Å². The van der Waals surface area contributed by atoms with Crippen molar-refractivity contribution in [2.75, 3.05) is 19.0 Å². The van der Waals surface area contributed by atoms with Gasteiger partial charge in [0.1, 0.15) is 5.75 Å². The smallest absolute Gasteiger partial charge is 0.257 e. The van der Waals surface area contributed by atoms with Gasteiger partial charge in [-0.25, -0.2) is 0 Å². The van der Waals surface area contributed by atoms with Gasteiger partial charge in [0, 0.05) is 17.2 Å². The third kappa shape index (κ3) is 4.33. The second-order valence-corrected chi connectivity index (χ2v) is 5.27. The van der Waals surface area contributed by atoms with Crippen LogP contribution < -0.4 is 15.4 Å². The molecule has 2 aromatic carbocycles. The third-order valence-electron chi connectivity index (χ3n) is 2.88. The highest BCUT2D eigenvalue weighted by Gasteiger charge is 2.09. The second-order valence-electron chi connectivity index (χ2n) is 4.42. The molecule has 5 nitrogen and oxygen atoms in total. The fourth-order valence-corrected chi connectivity index (χ4v) is 2.16. The molecule has 0 saturated heterocycles. The maximum absolute atomic E-state index is 12.1. The minimum Gasteiger partial charge on any atom is -0.484 e. The highest BCUT2D eigenvalue weighted by molar-refractivity contribution is 9.10. The molecule has 0 aliphatic rings. The fourth-order valence-electron chi connectivity index (χ4n) is 1.70. The van der Waals surface area contributed by atoms with E-state index >= 15 is 0 Å². The normalized spacial score (nSPS) is 9.91. The van der Waals surface area contributed by atoms with Crippen LogP contribution in [0, 0.1) is 0 Å². The Morgan fingerprint density at radius 1 is 1.09 bits per heavy atom. The Balaban J connectivity index is 1.98. The van der Waals surface area contributed by atoms with Gasteiger partial charge >= 0.3 is 0 Å². The van der Waals surface area contributed by atoms with Gasteiger partial charge in [-0.3, -0.25) is 9.59 Å². The lowest BCUT2D eigenvalue weighted by Crippen LogP contribution is -2.24. The van der Waals surface area contributed by atoms with E-state index in [0.29, 0.717) is 17.0 Å². The van der Waals surface area contributed by atoms with Crippen molar-refractivity contribution in [1.82, 2.24) is 5.32 Å². The number of anilines is 1. The summed E-state index contributed by atoms with van der Waals surface area (Å²) in [5.74, 6) is 0.153. The first-order valence-electron chi connectivity index (χ1n) is 6.59. The Hall–Kier alpha value is -2.34. The summed E-state index contributed by atoms with van der Waals surface area (Å²) in [6, 6.07) is 14.0. The predicted octanol–water partition coefficient (Wildman–Crippen LogP) is 2.83. The summed E-state index contributed by atoms with van der Waals surface area (Å²) in [5, 5.41) is 5.27. The number of benzene rings is 2. The van der Waals surface area contributed by atoms with Crippen LogP contribution in [0.4, 0.5) is 5.69 Å². The molecule has 0 aromatic heterocycles. The zero-order valence-electron chi connectivity index (χ0n) is 11.9. The van der Waals surface area contributed by atoms with Gasteiger partial charge in [0.05, 0.1) is 5.56 Å². The van der Waals surface area contributed by atoms with E-state index in [-0.39, 0.29) is 18.4 Å². The van der Waals surface area contributed by atoms with Gasteiger partial charge in [0.2, 0.25) is 0 Å². The average Bonchev–Trinajstić information content (AvgIpc) is 2.54. The van der Waals surface area contributed by atoms with Crippen LogP contribution in [-0.2, 0) is 4.79 Å². The zero-order chi connectivity index (χ0) is 15.9. The summed E-state index contributed by atoms with van der Waals surface area (Å²) >= 11 is 3.34. The molecular formula is C16H15BrN2O3. The van der Waals surface area contributed by atoms with Crippen LogP contribution in [0.2, 0.25) is 0 Å². The number of carbonyl (C=O) groups is 2. The number of hydrogen-bond donors (Lipinski definition) is 2. The highest BCUT2D eigenvalue weighted by atomic mass is 79.9. The number of halogens is 1. The first kappa shape index (κ1) is 16.0. The summed E-state index contributed by atoms with van der Waals surface area (Å²) in [6.07, 6.45) is 0. The fraction of sp³-hybridized carbons (Fsp3) is 0.125. The molecule has 0 aliphatic carbocycles. The SMILES string of the molecule is CNC(=O)COc1ccc(NC(=O)c2ccccc2Br)cc1. The lowest BCUT2D eigenvalue weighted by atomic mass is 10.2. The van der Waals surface area contributed by atoms with E-state index in [1.165, 1.54) is 0 Å². The Labute approximate surface area is 136 Å². The number of likely N-dealkylation sites (N-methyl/N-ethyl adjacent to an activating group) is 1. The molecule has 6 heteroatoms. The molecule has 2 rings (SSSR count). The highest BCUT2D eigenvalue weighted by Crippen LogP contribution is 2.19. The summed E-state index contributed by atoms with van der Waals surface area (Å²) < 4.78 is 6.02. The number of rotatable bonds is 5. The van der Waals surface area contributed by atoms with E-state index in [4.69, 9.17) is 4.74 Å². The van der Waals surface area contributed by atoms with E-state index < -0.39 is 0 Å². The van der Waals surface area contributed by atoms with Crippen molar-refractivity contribution in [2.45, 2.75) is 0 Å². The van der Waals surface area contributed by atoms with Crippen molar-refractivity contribution < 1.29 is 14.3 Å². The zero-order valence-corrected chi connectivity index (χ0v) is 13.5. The minimum atomic E-state index is -0.202. The molecule has 0 aliphatic heterocycles. The van der Waals surface area contributed by atoms with Crippen molar-refractivity contribution in [1.29, 1.82) is 0 Å².